The van der Waals surface area contributed by atoms with Crippen molar-refractivity contribution in [1.82, 2.24) is 10.1 Å². The fourth-order valence-electron chi connectivity index (χ4n) is 2.84. The third-order valence-corrected chi connectivity index (χ3v) is 5.72. The van der Waals surface area contributed by atoms with Gasteiger partial charge in [-0.25, -0.2) is 0 Å². The zero-order valence-electron chi connectivity index (χ0n) is 14.8. The molecule has 0 spiro atoms. The van der Waals surface area contributed by atoms with Gasteiger partial charge in [0, 0.05) is 9.90 Å². The Morgan fingerprint density at radius 3 is 3.00 bits per heavy atom. The number of carbonyl (C=O) groups excluding carboxylic acids is 1. The quantitative estimate of drug-likeness (QED) is 0.629. The Bertz CT molecular complexity index is 1030. The summed E-state index contributed by atoms with van der Waals surface area (Å²) in [5.74, 6) is 0.963. The maximum Gasteiger partial charge on any atom is 0.262 e. The van der Waals surface area contributed by atoms with Crippen molar-refractivity contribution < 1.29 is 18.8 Å². The van der Waals surface area contributed by atoms with E-state index in [9.17, 15) is 4.79 Å². The first-order chi connectivity index (χ1) is 13.5. The number of thiophene rings is 1. The second kappa shape index (κ2) is 8.08. The summed E-state index contributed by atoms with van der Waals surface area (Å²) >= 11 is 13.4. The fraction of sp³-hybridized carbons (Fsp3) is 0.278. The Morgan fingerprint density at radius 1 is 1.39 bits per heavy atom. The molecule has 7 nitrogen and oxygen atoms in total. The normalized spacial score (nSPS) is 13.2. The van der Waals surface area contributed by atoms with Crippen LogP contribution in [0.4, 0.5) is 5.00 Å². The summed E-state index contributed by atoms with van der Waals surface area (Å²) in [5.41, 5.74) is 1.82. The first kappa shape index (κ1) is 19.2. The highest BCUT2D eigenvalue weighted by Crippen LogP contribution is 2.42. The third-order valence-electron chi connectivity index (χ3n) is 4.07. The van der Waals surface area contributed by atoms with Crippen LogP contribution in [0.25, 0.3) is 11.5 Å². The largest absolute Gasteiger partial charge is 0.482 e. The lowest BCUT2D eigenvalue weighted by Crippen LogP contribution is -2.20. The van der Waals surface area contributed by atoms with Gasteiger partial charge < -0.3 is 19.3 Å². The molecule has 0 bridgehead atoms. The third kappa shape index (κ3) is 4.00. The van der Waals surface area contributed by atoms with Crippen LogP contribution in [-0.4, -0.2) is 29.3 Å². The molecule has 1 amide bonds. The maximum atomic E-state index is 12.5. The summed E-state index contributed by atoms with van der Waals surface area (Å²) in [7, 11) is 0. The number of hydrogen-bond acceptors (Lipinski definition) is 7. The lowest BCUT2D eigenvalue weighted by molar-refractivity contribution is -0.118. The number of aromatic nitrogens is 2. The average molecular weight is 440 g/mol. The zero-order chi connectivity index (χ0) is 19.7. The minimum Gasteiger partial charge on any atom is -0.482 e. The lowest BCUT2D eigenvalue weighted by Gasteiger charge is -2.12. The molecule has 1 aliphatic rings. The maximum absolute atomic E-state index is 12.5. The van der Waals surface area contributed by atoms with E-state index in [4.69, 9.17) is 37.2 Å². The van der Waals surface area contributed by atoms with E-state index < -0.39 is 0 Å². The van der Waals surface area contributed by atoms with Crippen LogP contribution in [-0.2, 0) is 22.6 Å². The lowest BCUT2D eigenvalue weighted by atomic mass is 10.1. The SMILES string of the molecule is Cc1noc(-c2c(NC(=O)COc3ccc(Cl)cc3Cl)sc3c2CCOC3)n1. The van der Waals surface area contributed by atoms with E-state index in [-0.39, 0.29) is 12.5 Å². The smallest absolute Gasteiger partial charge is 0.262 e. The number of benzene rings is 1. The average Bonchev–Trinajstić information content (AvgIpc) is 3.23. The monoisotopic (exact) mass is 439 g/mol. The van der Waals surface area contributed by atoms with Crippen molar-refractivity contribution in [3.63, 3.8) is 0 Å². The minimum atomic E-state index is -0.331. The second-order valence-electron chi connectivity index (χ2n) is 6.07. The van der Waals surface area contributed by atoms with Crippen molar-refractivity contribution in [2.75, 3.05) is 18.5 Å². The molecule has 0 saturated carbocycles. The Balaban J connectivity index is 1.54. The van der Waals surface area contributed by atoms with Crippen molar-refractivity contribution in [2.45, 2.75) is 20.0 Å². The number of hydrogen-bond donors (Lipinski definition) is 1. The second-order valence-corrected chi connectivity index (χ2v) is 8.02. The van der Waals surface area contributed by atoms with Crippen LogP contribution in [0.1, 0.15) is 16.3 Å². The number of carbonyl (C=O) groups is 1. The first-order valence-corrected chi connectivity index (χ1v) is 9.99. The van der Waals surface area contributed by atoms with Gasteiger partial charge in [0.15, 0.2) is 12.4 Å². The summed E-state index contributed by atoms with van der Waals surface area (Å²) in [5, 5.41) is 8.20. The molecule has 0 atom stereocenters. The van der Waals surface area contributed by atoms with Gasteiger partial charge in [-0.15, -0.1) is 11.3 Å². The van der Waals surface area contributed by atoms with Crippen LogP contribution in [0, 0.1) is 6.92 Å². The summed E-state index contributed by atoms with van der Waals surface area (Å²) < 4.78 is 16.4. The molecule has 3 heterocycles. The number of rotatable bonds is 5. The fourth-order valence-corrected chi connectivity index (χ4v) is 4.50. The van der Waals surface area contributed by atoms with Gasteiger partial charge in [0.25, 0.3) is 11.8 Å². The van der Waals surface area contributed by atoms with Crippen LogP contribution in [0.15, 0.2) is 22.7 Å². The van der Waals surface area contributed by atoms with E-state index in [2.05, 4.69) is 15.5 Å². The van der Waals surface area contributed by atoms with Crippen LogP contribution in [0.3, 0.4) is 0 Å². The molecule has 0 aliphatic carbocycles. The molecule has 10 heteroatoms. The Labute approximate surface area is 174 Å². The first-order valence-electron chi connectivity index (χ1n) is 8.42. The number of ether oxygens (including phenoxy) is 2. The molecular formula is C18H15Cl2N3O4S. The van der Waals surface area contributed by atoms with E-state index in [1.165, 1.54) is 11.3 Å². The van der Waals surface area contributed by atoms with E-state index in [0.29, 0.717) is 45.7 Å². The molecule has 0 unspecified atom stereocenters. The van der Waals surface area contributed by atoms with Crippen molar-refractivity contribution in [1.29, 1.82) is 0 Å². The Kier molecular flexibility index (Phi) is 5.54. The number of nitrogens with zero attached hydrogens (tertiary/aromatic N) is 2. The van der Waals surface area contributed by atoms with Crippen LogP contribution >= 0.6 is 34.5 Å². The topological polar surface area (TPSA) is 86.5 Å². The van der Waals surface area contributed by atoms with Gasteiger partial charge in [-0.2, -0.15) is 4.98 Å². The predicted octanol–water partition coefficient (Wildman–Crippen LogP) is 4.50. The molecule has 146 valence electrons. The zero-order valence-corrected chi connectivity index (χ0v) is 17.1. The number of halogens is 2. The van der Waals surface area contributed by atoms with Crippen LogP contribution in [0.2, 0.25) is 10.0 Å². The van der Waals surface area contributed by atoms with Gasteiger partial charge in [-0.05, 0) is 37.1 Å². The van der Waals surface area contributed by atoms with Gasteiger partial charge in [-0.3, -0.25) is 4.79 Å². The summed E-state index contributed by atoms with van der Waals surface area (Å²) in [6.45, 7) is 2.64. The van der Waals surface area contributed by atoms with Gasteiger partial charge in [0.2, 0.25) is 0 Å². The molecule has 28 heavy (non-hydrogen) atoms. The van der Waals surface area contributed by atoms with E-state index >= 15 is 0 Å². The highest BCUT2D eigenvalue weighted by molar-refractivity contribution is 7.17. The predicted molar refractivity (Wildman–Crippen MR) is 106 cm³/mol. The highest BCUT2D eigenvalue weighted by atomic mass is 35.5. The molecule has 3 aromatic rings. The van der Waals surface area contributed by atoms with Crippen LogP contribution < -0.4 is 10.1 Å². The van der Waals surface area contributed by atoms with Crippen molar-refractivity contribution in [3.8, 4) is 17.2 Å². The molecule has 1 N–H and O–H groups in total. The van der Waals surface area contributed by atoms with Crippen molar-refractivity contribution >= 4 is 45.4 Å². The number of fused-ring (bicyclic) bond motifs is 1. The molecule has 4 rings (SSSR count). The highest BCUT2D eigenvalue weighted by Gasteiger charge is 2.26. The van der Waals surface area contributed by atoms with Gasteiger partial charge in [0.1, 0.15) is 10.8 Å². The number of anilines is 1. The molecule has 0 saturated heterocycles. The van der Waals surface area contributed by atoms with Crippen molar-refractivity contribution in [3.05, 3.63) is 44.5 Å². The van der Waals surface area contributed by atoms with E-state index in [1.807, 2.05) is 0 Å². The summed E-state index contributed by atoms with van der Waals surface area (Å²) in [6, 6.07) is 4.81. The van der Waals surface area contributed by atoms with Gasteiger partial charge >= 0.3 is 0 Å². The van der Waals surface area contributed by atoms with E-state index in [0.717, 1.165) is 22.4 Å². The van der Waals surface area contributed by atoms with E-state index in [1.54, 1.807) is 25.1 Å². The molecule has 1 aromatic carbocycles. The molecule has 1 aliphatic heterocycles. The van der Waals surface area contributed by atoms with Gasteiger partial charge in [-0.1, -0.05) is 28.4 Å². The summed E-state index contributed by atoms with van der Waals surface area (Å²) in [6.07, 6.45) is 0.718. The molecule has 0 radical (unpaired) electrons. The summed E-state index contributed by atoms with van der Waals surface area (Å²) in [4.78, 5) is 17.8. The number of amides is 1. The van der Waals surface area contributed by atoms with Crippen LogP contribution in [0.5, 0.6) is 5.75 Å². The minimum absolute atomic E-state index is 0.206. The molecule has 2 aromatic heterocycles. The number of aryl methyl sites for hydroxylation is 1. The molecule has 0 fully saturated rings. The molecular weight excluding hydrogens is 425 g/mol. The number of nitrogens with one attached hydrogen (secondary N) is 1. The Morgan fingerprint density at radius 2 is 2.25 bits per heavy atom. The Hall–Kier alpha value is -2.13. The van der Waals surface area contributed by atoms with Gasteiger partial charge in [0.05, 0.1) is 23.8 Å². The van der Waals surface area contributed by atoms with Crippen molar-refractivity contribution in [2.24, 2.45) is 0 Å². The standard InChI is InChI=1S/C18H15Cl2N3O4S/c1-9-21-17(27-23-9)16-11-4-5-25-7-14(11)28-18(16)22-15(24)8-26-13-3-2-10(19)6-12(13)20/h2-3,6H,4-5,7-8H2,1H3,(H,22,24).